The molecule has 25 heavy (non-hydrogen) atoms. The zero-order valence-corrected chi connectivity index (χ0v) is 14.3. The first-order valence-electron chi connectivity index (χ1n) is 7.77. The number of halogens is 1. The smallest absolute Gasteiger partial charge is 0.265 e. The lowest BCUT2D eigenvalue weighted by molar-refractivity contribution is 0.0954. The summed E-state index contributed by atoms with van der Waals surface area (Å²) in [6, 6.07) is 13.2. The Morgan fingerprint density at radius 1 is 1.12 bits per heavy atom. The predicted octanol–water partition coefficient (Wildman–Crippen LogP) is 3.96. The Balaban J connectivity index is 1.57. The average Bonchev–Trinajstić information content (AvgIpc) is 3.12. The van der Waals surface area contributed by atoms with Crippen LogP contribution in [0.1, 0.15) is 27.9 Å². The Morgan fingerprint density at radius 3 is 2.40 bits per heavy atom. The summed E-state index contributed by atoms with van der Waals surface area (Å²) in [5.41, 5.74) is 1.65. The summed E-state index contributed by atoms with van der Waals surface area (Å²) in [5, 5.41) is 6.80. The minimum atomic E-state index is -0.305. The second kappa shape index (κ2) is 7.85. The summed E-state index contributed by atoms with van der Waals surface area (Å²) < 4.78 is 22.3. The molecule has 1 heterocycles. The zero-order chi connectivity index (χ0) is 17.6. The van der Waals surface area contributed by atoms with E-state index < -0.39 is 0 Å². The van der Waals surface area contributed by atoms with E-state index in [4.69, 9.17) is 4.74 Å². The van der Waals surface area contributed by atoms with Crippen LogP contribution < -0.4 is 10.1 Å². The van der Waals surface area contributed by atoms with E-state index in [9.17, 15) is 9.18 Å². The number of nitrogens with zero attached hydrogens (tertiary/aromatic N) is 2. The molecule has 0 spiro atoms. The van der Waals surface area contributed by atoms with Gasteiger partial charge in [-0.3, -0.25) is 4.79 Å². The van der Waals surface area contributed by atoms with Gasteiger partial charge in [-0.25, -0.2) is 4.39 Å². The standard InChI is InChI=1S/C18H16FN3O2S/c1-2-16-17(25-22-21-16)18(23)20-11-12-3-7-14(8-4-12)24-15-9-5-13(19)6-10-15/h3-10H,2,11H2,1H3,(H,20,23). The quantitative estimate of drug-likeness (QED) is 0.725. The summed E-state index contributed by atoms with van der Waals surface area (Å²) in [4.78, 5) is 12.7. The van der Waals surface area contributed by atoms with E-state index >= 15 is 0 Å². The lowest BCUT2D eigenvalue weighted by Crippen LogP contribution is -2.22. The van der Waals surface area contributed by atoms with Crippen molar-refractivity contribution in [2.24, 2.45) is 0 Å². The minimum absolute atomic E-state index is 0.168. The molecule has 0 saturated carbocycles. The summed E-state index contributed by atoms with van der Waals surface area (Å²) in [6.07, 6.45) is 0.675. The van der Waals surface area contributed by atoms with Gasteiger partial charge in [-0.1, -0.05) is 23.5 Å². The number of aromatic nitrogens is 2. The largest absolute Gasteiger partial charge is 0.457 e. The Labute approximate surface area is 148 Å². The van der Waals surface area contributed by atoms with E-state index in [1.165, 1.54) is 12.1 Å². The van der Waals surface area contributed by atoms with Crippen molar-refractivity contribution in [3.63, 3.8) is 0 Å². The van der Waals surface area contributed by atoms with E-state index in [1.807, 2.05) is 19.1 Å². The zero-order valence-electron chi connectivity index (χ0n) is 13.5. The number of hydrogen-bond acceptors (Lipinski definition) is 5. The summed E-state index contributed by atoms with van der Waals surface area (Å²) >= 11 is 1.10. The first-order valence-corrected chi connectivity index (χ1v) is 8.55. The highest BCUT2D eigenvalue weighted by Gasteiger charge is 2.14. The van der Waals surface area contributed by atoms with Gasteiger partial charge in [0, 0.05) is 6.54 Å². The van der Waals surface area contributed by atoms with Crippen LogP contribution in [0.25, 0.3) is 0 Å². The van der Waals surface area contributed by atoms with Crippen molar-refractivity contribution >= 4 is 17.4 Å². The van der Waals surface area contributed by atoms with Gasteiger partial charge >= 0.3 is 0 Å². The summed E-state index contributed by atoms with van der Waals surface area (Å²) in [6.45, 7) is 2.34. The first-order chi connectivity index (χ1) is 12.2. The van der Waals surface area contributed by atoms with Crippen molar-refractivity contribution in [2.75, 3.05) is 0 Å². The number of hydrogen-bond donors (Lipinski definition) is 1. The Morgan fingerprint density at radius 2 is 1.76 bits per heavy atom. The van der Waals surface area contributed by atoms with Crippen LogP contribution in [0.15, 0.2) is 48.5 Å². The van der Waals surface area contributed by atoms with Crippen LogP contribution in [0.3, 0.4) is 0 Å². The molecule has 0 saturated heterocycles. The van der Waals surface area contributed by atoms with Crippen LogP contribution in [0.4, 0.5) is 4.39 Å². The van der Waals surface area contributed by atoms with E-state index in [1.54, 1.807) is 24.3 Å². The molecule has 3 aromatic rings. The van der Waals surface area contributed by atoms with Gasteiger partial charge in [0.05, 0.1) is 5.69 Å². The monoisotopic (exact) mass is 357 g/mol. The van der Waals surface area contributed by atoms with Crippen LogP contribution in [-0.4, -0.2) is 15.5 Å². The van der Waals surface area contributed by atoms with Gasteiger partial charge in [0.2, 0.25) is 0 Å². The number of ether oxygens (including phenoxy) is 1. The molecule has 1 N–H and O–H groups in total. The molecule has 0 bridgehead atoms. The van der Waals surface area contributed by atoms with Crippen LogP contribution in [0.5, 0.6) is 11.5 Å². The van der Waals surface area contributed by atoms with Crippen molar-refractivity contribution < 1.29 is 13.9 Å². The topological polar surface area (TPSA) is 64.1 Å². The third-order valence-electron chi connectivity index (χ3n) is 3.52. The van der Waals surface area contributed by atoms with Crippen LogP contribution in [-0.2, 0) is 13.0 Å². The molecule has 2 aromatic carbocycles. The number of nitrogens with one attached hydrogen (secondary N) is 1. The molecule has 128 valence electrons. The van der Waals surface area contributed by atoms with Gasteiger partial charge in [-0.2, -0.15) is 0 Å². The molecule has 1 amide bonds. The second-order valence-electron chi connectivity index (χ2n) is 5.28. The minimum Gasteiger partial charge on any atom is -0.457 e. The first kappa shape index (κ1) is 17.0. The average molecular weight is 357 g/mol. The fourth-order valence-electron chi connectivity index (χ4n) is 2.19. The predicted molar refractivity (Wildman–Crippen MR) is 93.4 cm³/mol. The molecule has 0 aliphatic heterocycles. The van der Waals surface area contributed by atoms with Crippen LogP contribution in [0.2, 0.25) is 0 Å². The van der Waals surface area contributed by atoms with E-state index in [0.717, 1.165) is 17.1 Å². The van der Waals surface area contributed by atoms with Crippen molar-refractivity contribution in [1.29, 1.82) is 0 Å². The van der Waals surface area contributed by atoms with E-state index in [0.29, 0.717) is 35.0 Å². The molecule has 0 fully saturated rings. The number of benzene rings is 2. The number of rotatable bonds is 6. The maximum absolute atomic E-state index is 12.9. The molecule has 0 unspecified atom stereocenters. The number of carbonyl (C=O) groups is 1. The molecule has 0 radical (unpaired) electrons. The second-order valence-corrected chi connectivity index (χ2v) is 6.04. The van der Waals surface area contributed by atoms with Crippen molar-refractivity contribution in [1.82, 2.24) is 14.9 Å². The van der Waals surface area contributed by atoms with Gasteiger partial charge in [0.15, 0.2) is 0 Å². The highest BCUT2D eigenvalue weighted by molar-refractivity contribution is 7.08. The third kappa shape index (κ3) is 4.39. The lowest BCUT2D eigenvalue weighted by atomic mass is 10.2. The highest BCUT2D eigenvalue weighted by Crippen LogP contribution is 2.22. The number of amides is 1. The molecule has 7 heteroatoms. The number of carbonyl (C=O) groups excluding carboxylic acids is 1. The SMILES string of the molecule is CCc1nnsc1C(=O)NCc1ccc(Oc2ccc(F)cc2)cc1. The Hall–Kier alpha value is -2.80. The van der Waals surface area contributed by atoms with Crippen molar-refractivity contribution in [3.05, 3.63) is 70.5 Å². The summed E-state index contributed by atoms with van der Waals surface area (Å²) in [5.74, 6) is 0.730. The van der Waals surface area contributed by atoms with E-state index in [2.05, 4.69) is 14.9 Å². The van der Waals surface area contributed by atoms with Crippen LogP contribution >= 0.6 is 11.5 Å². The van der Waals surface area contributed by atoms with Gasteiger partial charge in [0.1, 0.15) is 22.2 Å². The maximum Gasteiger partial charge on any atom is 0.265 e. The van der Waals surface area contributed by atoms with Gasteiger partial charge in [-0.15, -0.1) is 5.10 Å². The van der Waals surface area contributed by atoms with Gasteiger partial charge in [0.25, 0.3) is 5.91 Å². The normalized spacial score (nSPS) is 10.5. The highest BCUT2D eigenvalue weighted by atomic mass is 32.1. The fraction of sp³-hybridized carbons (Fsp3) is 0.167. The molecule has 3 rings (SSSR count). The van der Waals surface area contributed by atoms with Crippen molar-refractivity contribution in [3.8, 4) is 11.5 Å². The lowest BCUT2D eigenvalue weighted by Gasteiger charge is -2.08. The molecule has 0 aliphatic rings. The molecule has 0 atom stereocenters. The molecule has 5 nitrogen and oxygen atoms in total. The van der Waals surface area contributed by atoms with Gasteiger partial charge in [-0.05, 0) is 59.9 Å². The summed E-state index contributed by atoms with van der Waals surface area (Å²) in [7, 11) is 0. The third-order valence-corrected chi connectivity index (χ3v) is 4.29. The molecule has 0 aliphatic carbocycles. The molecular weight excluding hydrogens is 341 g/mol. The van der Waals surface area contributed by atoms with Crippen molar-refractivity contribution in [2.45, 2.75) is 19.9 Å². The molecule has 1 aromatic heterocycles. The Kier molecular flexibility index (Phi) is 5.35. The maximum atomic E-state index is 12.9. The van der Waals surface area contributed by atoms with Gasteiger partial charge < -0.3 is 10.1 Å². The van der Waals surface area contributed by atoms with Crippen LogP contribution in [0, 0.1) is 5.82 Å². The Bertz CT molecular complexity index is 848. The molecular formula is C18H16FN3O2S. The van der Waals surface area contributed by atoms with E-state index in [-0.39, 0.29) is 11.7 Å². The fourth-order valence-corrected chi connectivity index (χ4v) is 2.86. The number of aryl methyl sites for hydroxylation is 1.